The van der Waals surface area contributed by atoms with E-state index in [0.717, 1.165) is 0 Å². The Bertz CT molecular complexity index is 915. The first-order chi connectivity index (χ1) is 13.5. The Morgan fingerprint density at radius 3 is 2.11 bits per heavy atom. The van der Waals surface area contributed by atoms with Crippen LogP contribution in [0.3, 0.4) is 0 Å². The maximum absolute atomic E-state index is 12.8. The molecule has 28 heavy (non-hydrogen) atoms. The van der Waals surface area contributed by atoms with Gasteiger partial charge in [-0.25, -0.2) is 4.79 Å². The van der Waals surface area contributed by atoms with Crippen LogP contribution in [0, 0.1) is 0 Å². The lowest BCUT2D eigenvalue weighted by Crippen LogP contribution is -2.12. The summed E-state index contributed by atoms with van der Waals surface area (Å²) in [6.07, 6.45) is 3.21. The van der Waals surface area contributed by atoms with Gasteiger partial charge in [0.15, 0.2) is 11.5 Å². The van der Waals surface area contributed by atoms with Gasteiger partial charge in [0.1, 0.15) is 29.4 Å². The molecule has 0 atom stereocenters. The summed E-state index contributed by atoms with van der Waals surface area (Å²) < 4.78 is 27.1. The second kappa shape index (κ2) is 9.03. The van der Waals surface area contributed by atoms with E-state index < -0.39 is 5.97 Å². The predicted octanol–water partition coefficient (Wildman–Crippen LogP) is 3.65. The molecular formula is C21H24O7. The van der Waals surface area contributed by atoms with Crippen LogP contribution in [0.2, 0.25) is 0 Å². The van der Waals surface area contributed by atoms with Crippen molar-refractivity contribution in [2.75, 3.05) is 35.0 Å². The molecule has 0 spiro atoms. The van der Waals surface area contributed by atoms with E-state index >= 15 is 0 Å². The van der Waals surface area contributed by atoms with Crippen molar-refractivity contribution in [3.8, 4) is 28.7 Å². The first-order valence-corrected chi connectivity index (χ1v) is 8.43. The Morgan fingerprint density at radius 1 is 0.964 bits per heavy atom. The number of aromatic hydroxyl groups is 1. The zero-order chi connectivity index (χ0) is 20.8. The summed E-state index contributed by atoms with van der Waals surface area (Å²) in [4.78, 5) is 12.8. The Balaban J connectivity index is 3.09. The number of carbonyl (C=O) groups excluding carboxylic acids is 1. The molecule has 150 valence electrons. The van der Waals surface area contributed by atoms with Crippen molar-refractivity contribution in [1.29, 1.82) is 0 Å². The van der Waals surface area contributed by atoms with Crippen LogP contribution in [0.15, 0.2) is 31.4 Å². The summed E-state index contributed by atoms with van der Waals surface area (Å²) in [6.45, 7) is 7.26. The molecule has 0 aliphatic carbocycles. The van der Waals surface area contributed by atoms with Gasteiger partial charge in [-0.3, -0.25) is 0 Å². The molecule has 7 heteroatoms. The lowest BCUT2D eigenvalue weighted by Gasteiger charge is -2.21. The van der Waals surface area contributed by atoms with Gasteiger partial charge >= 0.3 is 5.97 Å². The Labute approximate surface area is 163 Å². The highest BCUT2D eigenvalue weighted by Crippen LogP contribution is 2.52. The number of ether oxygens (including phenoxy) is 5. The third-order valence-corrected chi connectivity index (χ3v) is 4.22. The van der Waals surface area contributed by atoms with Crippen molar-refractivity contribution >= 4 is 16.7 Å². The predicted molar refractivity (Wildman–Crippen MR) is 106 cm³/mol. The van der Waals surface area contributed by atoms with Crippen molar-refractivity contribution < 1.29 is 33.6 Å². The quantitative estimate of drug-likeness (QED) is 0.518. The molecule has 2 aromatic carbocycles. The van der Waals surface area contributed by atoms with E-state index in [0.29, 0.717) is 27.8 Å². The maximum atomic E-state index is 12.8. The number of methoxy groups -OCH3 is 4. The number of phenolic OH excluding ortho intramolecular Hbond substituents is 1. The molecule has 0 heterocycles. The third-order valence-electron chi connectivity index (χ3n) is 4.22. The van der Waals surface area contributed by atoms with E-state index in [-0.39, 0.29) is 35.8 Å². The summed E-state index contributed by atoms with van der Waals surface area (Å²) in [6, 6.07) is 1.59. The SMILES string of the molecule is C=CCOC(=O)c1c(CC=C)c(O)c2c(OC)c(OC)cc(OC)c2c1OC. The van der Waals surface area contributed by atoms with Crippen LogP contribution in [-0.2, 0) is 11.2 Å². The van der Waals surface area contributed by atoms with Crippen LogP contribution >= 0.6 is 0 Å². The molecule has 7 nitrogen and oxygen atoms in total. The van der Waals surface area contributed by atoms with Crippen LogP contribution in [0.4, 0.5) is 0 Å². The molecule has 0 radical (unpaired) electrons. The molecule has 0 unspecified atom stereocenters. The molecule has 0 fully saturated rings. The van der Waals surface area contributed by atoms with Gasteiger partial charge in [-0.05, 0) is 6.42 Å². The van der Waals surface area contributed by atoms with E-state index in [1.165, 1.54) is 34.5 Å². The molecule has 2 rings (SSSR count). The highest BCUT2D eigenvalue weighted by Gasteiger charge is 2.30. The highest BCUT2D eigenvalue weighted by atomic mass is 16.5. The number of hydrogen-bond acceptors (Lipinski definition) is 7. The summed E-state index contributed by atoms with van der Waals surface area (Å²) in [7, 11) is 5.81. The Morgan fingerprint density at radius 2 is 1.61 bits per heavy atom. The van der Waals surface area contributed by atoms with Crippen LogP contribution < -0.4 is 18.9 Å². The topological polar surface area (TPSA) is 83.5 Å². The fraction of sp³-hybridized carbons (Fsp3) is 0.286. The number of esters is 1. The molecule has 0 bridgehead atoms. The van der Waals surface area contributed by atoms with Gasteiger partial charge in [-0.15, -0.1) is 6.58 Å². The number of benzene rings is 2. The van der Waals surface area contributed by atoms with Gasteiger partial charge in [0.05, 0.1) is 39.2 Å². The number of hydrogen-bond donors (Lipinski definition) is 1. The molecule has 0 aromatic heterocycles. The van der Waals surface area contributed by atoms with Crippen molar-refractivity contribution in [2.24, 2.45) is 0 Å². The number of allylic oxidation sites excluding steroid dienone is 1. The smallest absolute Gasteiger partial charge is 0.342 e. The van der Waals surface area contributed by atoms with Crippen molar-refractivity contribution in [3.63, 3.8) is 0 Å². The second-order valence-corrected chi connectivity index (χ2v) is 5.68. The number of phenols is 1. The highest BCUT2D eigenvalue weighted by molar-refractivity contribution is 6.11. The van der Waals surface area contributed by atoms with Crippen LogP contribution in [0.25, 0.3) is 10.8 Å². The molecular weight excluding hydrogens is 364 g/mol. The first kappa shape index (κ1) is 21.0. The molecule has 1 N–H and O–H groups in total. The zero-order valence-electron chi connectivity index (χ0n) is 16.5. The minimum Gasteiger partial charge on any atom is -0.507 e. The lowest BCUT2D eigenvalue weighted by atomic mass is 9.94. The molecule has 2 aromatic rings. The summed E-state index contributed by atoms with van der Waals surface area (Å²) >= 11 is 0. The van der Waals surface area contributed by atoms with Crippen molar-refractivity contribution in [1.82, 2.24) is 0 Å². The zero-order valence-corrected chi connectivity index (χ0v) is 16.5. The van der Waals surface area contributed by atoms with Crippen molar-refractivity contribution in [3.05, 3.63) is 42.5 Å². The largest absolute Gasteiger partial charge is 0.507 e. The molecule has 0 aliphatic rings. The Hall–Kier alpha value is -3.35. The van der Waals surface area contributed by atoms with Gasteiger partial charge in [0.2, 0.25) is 0 Å². The lowest BCUT2D eigenvalue weighted by molar-refractivity contribution is 0.0544. The first-order valence-electron chi connectivity index (χ1n) is 8.43. The molecule has 0 aliphatic heterocycles. The van der Waals surface area contributed by atoms with Gasteiger partial charge in [0, 0.05) is 11.6 Å². The number of fused-ring (bicyclic) bond motifs is 1. The van der Waals surface area contributed by atoms with Gasteiger partial charge in [0.25, 0.3) is 0 Å². The fourth-order valence-electron chi connectivity index (χ4n) is 3.08. The van der Waals surface area contributed by atoms with Gasteiger partial charge in [-0.2, -0.15) is 0 Å². The standard InChI is InChI=1S/C21H24O7/c1-7-9-12-15(21(23)28-10-8-2)20(27-6)16-13(24-3)11-14(25-4)19(26-5)17(16)18(12)22/h7-8,11,22H,1-2,9-10H2,3-6H3. The summed E-state index contributed by atoms with van der Waals surface area (Å²) in [5.41, 5.74) is 0.377. The normalized spacial score (nSPS) is 10.3. The minimum absolute atomic E-state index is 0.0113. The summed E-state index contributed by atoms with van der Waals surface area (Å²) in [5.74, 6) is 0.332. The summed E-state index contributed by atoms with van der Waals surface area (Å²) in [5, 5.41) is 11.7. The van der Waals surface area contributed by atoms with Crippen LogP contribution in [0.5, 0.6) is 28.7 Å². The number of rotatable bonds is 9. The van der Waals surface area contributed by atoms with E-state index in [9.17, 15) is 9.90 Å². The number of carbonyl (C=O) groups is 1. The monoisotopic (exact) mass is 388 g/mol. The van der Waals surface area contributed by atoms with E-state index in [4.69, 9.17) is 23.7 Å². The van der Waals surface area contributed by atoms with Gasteiger partial charge < -0.3 is 28.8 Å². The Kier molecular flexibility index (Phi) is 6.76. The van der Waals surface area contributed by atoms with Crippen LogP contribution in [0.1, 0.15) is 15.9 Å². The second-order valence-electron chi connectivity index (χ2n) is 5.68. The molecule has 0 saturated heterocycles. The van der Waals surface area contributed by atoms with E-state index in [2.05, 4.69) is 13.2 Å². The van der Waals surface area contributed by atoms with Crippen molar-refractivity contribution in [2.45, 2.75) is 6.42 Å². The molecule has 0 amide bonds. The van der Waals surface area contributed by atoms with E-state index in [1.807, 2.05) is 0 Å². The average Bonchev–Trinajstić information content (AvgIpc) is 2.72. The fourth-order valence-corrected chi connectivity index (χ4v) is 3.08. The minimum atomic E-state index is -0.664. The van der Waals surface area contributed by atoms with Gasteiger partial charge in [-0.1, -0.05) is 18.7 Å². The van der Waals surface area contributed by atoms with Crippen LogP contribution in [-0.4, -0.2) is 46.1 Å². The third kappa shape index (κ3) is 3.43. The maximum Gasteiger partial charge on any atom is 0.342 e. The average molecular weight is 388 g/mol. The van der Waals surface area contributed by atoms with E-state index in [1.54, 1.807) is 12.1 Å². The molecule has 0 saturated carbocycles.